The van der Waals surface area contributed by atoms with E-state index in [1.54, 1.807) is 10.9 Å². The van der Waals surface area contributed by atoms with Crippen LogP contribution in [0, 0.1) is 4.77 Å². The summed E-state index contributed by atoms with van der Waals surface area (Å²) >= 11 is 11.3. The molecule has 1 saturated carbocycles. The molecule has 0 aliphatic heterocycles. The van der Waals surface area contributed by atoms with Crippen LogP contribution in [0.2, 0.25) is 5.02 Å². The van der Waals surface area contributed by atoms with E-state index in [1.165, 1.54) is 0 Å². The van der Waals surface area contributed by atoms with E-state index in [-0.39, 0.29) is 11.8 Å². The summed E-state index contributed by atoms with van der Waals surface area (Å²) in [6.07, 6.45) is 3.80. The molecule has 1 aromatic carbocycles. The Hall–Kier alpha value is -2.45. The van der Waals surface area contributed by atoms with E-state index in [1.807, 2.05) is 42.7 Å². The van der Waals surface area contributed by atoms with Crippen molar-refractivity contribution in [2.24, 2.45) is 0 Å². The number of halogens is 1. The molecule has 2 heterocycles. The van der Waals surface area contributed by atoms with Crippen LogP contribution in [-0.2, 0) is 6.54 Å². The molecule has 7 nitrogen and oxygen atoms in total. The average molecular weight is 417 g/mol. The maximum atomic E-state index is 12.9. The Morgan fingerprint density at radius 3 is 2.71 bits per heavy atom. The molecule has 2 N–H and O–H groups in total. The predicted molar refractivity (Wildman–Crippen MR) is 110 cm³/mol. The molecule has 0 spiro atoms. The number of carbonyl (C=O) groups is 1. The molecule has 0 unspecified atom stereocenters. The van der Waals surface area contributed by atoms with Gasteiger partial charge in [-0.2, -0.15) is 10.2 Å². The number of nitrogens with zero attached hydrogens (tertiary/aromatic N) is 4. The lowest BCUT2D eigenvalue weighted by Crippen LogP contribution is -2.26. The van der Waals surface area contributed by atoms with Crippen LogP contribution in [-0.4, -0.2) is 30.5 Å². The van der Waals surface area contributed by atoms with Gasteiger partial charge in [-0.05, 0) is 55.2 Å². The SMILES string of the molecule is CC(C)c1c(C(=O)NCc2n[nH]c(=S)n2C2CC2)cnn1-c1ccc(Cl)cc1. The van der Waals surface area contributed by atoms with Crippen molar-refractivity contribution in [2.45, 2.75) is 45.2 Å². The maximum Gasteiger partial charge on any atom is 0.255 e. The van der Waals surface area contributed by atoms with Crippen LogP contribution in [0.1, 0.15) is 60.5 Å². The highest BCUT2D eigenvalue weighted by Crippen LogP contribution is 2.35. The zero-order valence-electron chi connectivity index (χ0n) is 15.6. The topological polar surface area (TPSA) is 80.5 Å². The van der Waals surface area contributed by atoms with Gasteiger partial charge in [-0.15, -0.1) is 0 Å². The Balaban J connectivity index is 1.58. The molecule has 0 bridgehead atoms. The molecule has 1 amide bonds. The molecule has 1 aliphatic rings. The molecule has 4 rings (SSSR count). The molecule has 9 heteroatoms. The smallest absolute Gasteiger partial charge is 0.255 e. The lowest BCUT2D eigenvalue weighted by molar-refractivity contribution is 0.0948. The van der Waals surface area contributed by atoms with E-state index in [9.17, 15) is 4.79 Å². The van der Waals surface area contributed by atoms with Crippen LogP contribution in [0.3, 0.4) is 0 Å². The standard InChI is InChI=1S/C19H21ClN6OS/c1-11(2)17-15(9-22-26(17)14-5-3-12(20)4-6-14)18(27)21-10-16-23-24-19(28)25(16)13-7-8-13/h3-6,9,11,13H,7-8,10H2,1-2H3,(H,21,27)(H,24,28). The first-order valence-electron chi connectivity index (χ1n) is 9.23. The second-order valence-corrected chi connectivity index (χ2v) is 8.04. The minimum absolute atomic E-state index is 0.111. The first-order chi connectivity index (χ1) is 13.5. The van der Waals surface area contributed by atoms with Crippen LogP contribution in [0.25, 0.3) is 5.69 Å². The minimum atomic E-state index is -0.180. The Labute approximate surface area is 172 Å². The molecule has 146 valence electrons. The largest absolute Gasteiger partial charge is 0.345 e. The Morgan fingerprint density at radius 1 is 1.36 bits per heavy atom. The lowest BCUT2D eigenvalue weighted by Gasteiger charge is -2.13. The number of amides is 1. The number of aromatic nitrogens is 5. The highest BCUT2D eigenvalue weighted by Gasteiger charge is 2.27. The molecule has 1 fully saturated rings. The average Bonchev–Trinajstić information content (AvgIpc) is 3.28. The monoisotopic (exact) mass is 416 g/mol. The first-order valence-corrected chi connectivity index (χ1v) is 10.0. The fourth-order valence-corrected chi connectivity index (χ4v) is 3.73. The highest BCUT2D eigenvalue weighted by atomic mass is 35.5. The molecule has 0 radical (unpaired) electrons. The normalized spacial score (nSPS) is 13.9. The second-order valence-electron chi connectivity index (χ2n) is 7.22. The predicted octanol–water partition coefficient (Wildman–Crippen LogP) is 4.17. The third-order valence-corrected chi connectivity index (χ3v) is 5.31. The Kier molecular flexibility index (Phi) is 5.07. The summed E-state index contributed by atoms with van der Waals surface area (Å²) in [5, 5.41) is 15.1. The van der Waals surface area contributed by atoms with E-state index < -0.39 is 0 Å². The molecule has 1 aliphatic carbocycles. The van der Waals surface area contributed by atoms with E-state index >= 15 is 0 Å². The second kappa shape index (κ2) is 7.52. The van der Waals surface area contributed by atoms with Crippen LogP contribution in [0.15, 0.2) is 30.5 Å². The summed E-state index contributed by atoms with van der Waals surface area (Å²) in [6.45, 7) is 4.39. The van der Waals surface area contributed by atoms with Gasteiger partial charge in [0.15, 0.2) is 10.6 Å². The van der Waals surface area contributed by atoms with Gasteiger partial charge in [0.1, 0.15) is 0 Å². The molecule has 0 atom stereocenters. The zero-order valence-corrected chi connectivity index (χ0v) is 17.2. The van der Waals surface area contributed by atoms with Crippen LogP contribution in [0.5, 0.6) is 0 Å². The number of aromatic amines is 1. The van der Waals surface area contributed by atoms with Crippen molar-refractivity contribution in [1.29, 1.82) is 0 Å². The fraction of sp³-hybridized carbons (Fsp3) is 0.368. The van der Waals surface area contributed by atoms with Crippen molar-refractivity contribution in [3.8, 4) is 5.69 Å². The van der Waals surface area contributed by atoms with E-state index in [4.69, 9.17) is 23.8 Å². The summed E-state index contributed by atoms with van der Waals surface area (Å²) in [4.78, 5) is 12.9. The van der Waals surface area contributed by atoms with E-state index in [0.717, 1.165) is 30.0 Å². The van der Waals surface area contributed by atoms with Crippen molar-refractivity contribution in [1.82, 2.24) is 29.9 Å². The summed E-state index contributed by atoms with van der Waals surface area (Å²) in [5.41, 5.74) is 2.26. The highest BCUT2D eigenvalue weighted by molar-refractivity contribution is 7.71. The van der Waals surface area contributed by atoms with Gasteiger partial charge in [-0.1, -0.05) is 25.4 Å². The number of rotatable bonds is 6. The Morgan fingerprint density at radius 2 is 2.07 bits per heavy atom. The number of benzene rings is 1. The minimum Gasteiger partial charge on any atom is -0.345 e. The van der Waals surface area contributed by atoms with Gasteiger partial charge in [-0.3, -0.25) is 14.5 Å². The first kappa shape index (κ1) is 18.9. The summed E-state index contributed by atoms with van der Waals surface area (Å²) in [5.74, 6) is 0.678. The number of hydrogen-bond donors (Lipinski definition) is 2. The molecule has 3 aromatic rings. The van der Waals surface area contributed by atoms with Gasteiger partial charge in [-0.25, -0.2) is 4.68 Å². The summed E-state index contributed by atoms with van der Waals surface area (Å²) < 4.78 is 4.39. The number of hydrogen-bond acceptors (Lipinski definition) is 4. The van der Waals surface area contributed by atoms with Crippen molar-refractivity contribution in [3.05, 3.63) is 57.3 Å². The van der Waals surface area contributed by atoms with Gasteiger partial charge in [0.05, 0.1) is 29.7 Å². The Bertz CT molecular complexity index is 1060. The number of carbonyl (C=O) groups excluding carboxylic acids is 1. The van der Waals surface area contributed by atoms with Crippen molar-refractivity contribution < 1.29 is 4.79 Å². The van der Waals surface area contributed by atoms with Gasteiger partial charge in [0.25, 0.3) is 5.91 Å². The maximum absolute atomic E-state index is 12.9. The van der Waals surface area contributed by atoms with Gasteiger partial charge < -0.3 is 5.32 Å². The zero-order chi connectivity index (χ0) is 19.8. The van der Waals surface area contributed by atoms with Crippen LogP contribution < -0.4 is 5.32 Å². The van der Waals surface area contributed by atoms with Gasteiger partial charge >= 0.3 is 0 Å². The number of nitrogens with one attached hydrogen (secondary N) is 2. The van der Waals surface area contributed by atoms with Crippen molar-refractivity contribution >= 4 is 29.7 Å². The quantitative estimate of drug-likeness (QED) is 0.591. The molecular formula is C19H21ClN6OS. The number of H-pyrrole nitrogens is 1. The van der Waals surface area contributed by atoms with E-state index in [2.05, 4.69) is 20.6 Å². The van der Waals surface area contributed by atoms with Crippen LogP contribution >= 0.6 is 23.8 Å². The van der Waals surface area contributed by atoms with Crippen molar-refractivity contribution in [3.63, 3.8) is 0 Å². The summed E-state index contributed by atoms with van der Waals surface area (Å²) in [7, 11) is 0. The van der Waals surface area contributed by atoms with Crippen LogP contribution in [0.4, 0.5) is 0 Å². The van der Waals surface area contributed by atoms with E-state index in [0.29, 0.717) is 27.9 Å². The third kappa shape index (κ3) is 3.62. The molecule has 2 aromatic heterocycles. The third-order valence-electron chi connectivity index (χ3n) is 4.77. The molecule has 28 heavy (non-hydrogen) atoms. The van der Waals surface area contributed by atoms with Crippen molar-refractivity contribution in [2.75, 3.05) is 0 Å². The van der Waals surface area contributed by atoms with Gasteiger partial charge in [0, 0.05) is 11.1 Å². The summed E-state index contributed by atoms with van der Waals surface area (Å²) in [6, 6.07) is 7.79. The molecular weight excluding hydrogens is 396 g/mol. The van der Waals surface area contributed by atoms with Gasteiger partial charge in [0.2, 0.25) is 0 Å². The lowest BCUT2D eigenvalue weighted by atomic mass is 10.1. The fourth-order valence-electron chi connectivity index (χ4n) is 3.30. The molecule has 0 saturated heterocycles.